The maximum Gasteiger partial charge on any atom is 0.352 e. The number of fused-ring (bicyclic) bond motifs is 1. The van der Waals surface area contributed by atoms with E-state index in [9.17, 15) is 19.5 Å². The first-order chi connectivity index (χ1) is 17.3. The number of oxime groups is 1. The molecule has 0 spiro atoms. The van der Waals surface area contributed by atoms with Gasteiger partial charge in [0.1, 0.15) is 24.2 Å². The second-order valence-electron chi connectivity index (χ2n) is 7.58. The summed E-state index contributed by atoms with van der Waals surface area (Å²) >= 11 is 2.21. The van der Waals surface area contributed by atoms with E-state index in [0.717, 1.165) is 17.1 Å². The summed E-state index contributed by atoms with van der Waals surface area (Å²) < 4.78 is 5.80. The van der Waals surface area contributed by atoms with Gasteiger partial charge in [-0.05, 0) is 17.2 Å². The van der Waals surface area contributed by atoms with Crippen LogP contribution in [0.2, 0.25) is 0 Å². The van der Waals surface area contributed by atoms with E-state index in [1.54, 1.807) is 36.7 Å². The van der Waals surface area contributed by atoms with Gasteiger partial charge in [0.2, 0.25) is 11.5 Å². The number of carboxylic acids is 1. The van der Waals surface area contributed by atoms with Gasteiger partial charge < -0.3 is 26.1 Å². The lowest BCUT2D eigenvalue weighted by molar-refractivity contribution is -0.687. The molecule has 1 fully saturated rings. The summed E-state index contributed by atoms with van der Waals surface area (Å²) in [7, 11) is 1.25. The van der Waals surface area contributed by atoms with Crippen LogP contribution in [0.1, 0.15) is 11.4 Å². The van der Waals surface area contributed by atoms with Crippen LogP contribution in [0, 0.1) is 0 Å². The fraction of sp³-hybridized carbons (Fsp3) is 0.286. The normalized spacial score (nSPS) is 19.8. The van der Waals surface area contributed by atoms with Crippen LogP contribution in [0.3, 0.4) is 0 Å². The molecule has 4 rings (SSSR count). The quantitative estimate of drug-likeness (QED) is 0.139. The average molecular weight is 533 g/mol. The van der Waals surface area contributed by atoms with E-state index in [1.807, 2.05) is 4.57 Å². The number of nitrogens with one attached hydrogen (secondary N) is 1. The standard InChI is InChI=1S/C21H21N7O6S2/c1-34-25-13(16-24-21(22)36-26-16)17(30)23-14-18(31)28-15(20(32)33)12(10-35-19(14)28)3-2-6-27-7-4-11(9-29)5-8-27/h2-5,7-8,14,19,29H,6,9-10H2,1H3,(H3-,22,23,24,26,30,32,33)/p+1/t14?,19-/m1/s1. The van der Waals surface area contributed by atoms with Crippen LogP contribution in [-0.2, 0) is 32.4 Å². The first-order valence-electron chi connectivity index (χ1n) is 10.5. The summed E-state index contributed by atoms with van der Waals surface area (Å²) in [6.07, 6.45) is 7.08. The predicted molar refractivity (Wildman–Crippen MR) is 129 cm³/mol. The number of rotatable bonds is 9. The molecule has 2 atom stereocenters. The Morgan fingerprint density at radius 2 is 2.17 bits per heavy atom. The predicted octanol–water partition coefficient (Wildman–Crippen LogP) is -0.754. The first-order valence-corrected chi connectivity index (χ1v) is 12.3. The molecule has 188 valence electrons. The highest BCUT2D eigenvalue weighted by Gasteiger charge is 2.54. The molecule has 1 saturated heterocycles. The van der Waals surface area contributed by atoms with E-state index < -0.39 is 29.2 Å². The number of nitrogens with two attached hydrogens (primary N) is 1. The molecule has 4 heterocycles. The highest BCUT2D eigenvalue weighted by Crippen LogP contribution is 2.40. The Labute approximate surface area is 213 Å². The first kappa shape index (κ1) is 25.3. The van der Waals surface area contributed by atoms with Gasteiger partial charge in [-0.2, -0.15) is 9.36 Å². The van der Waals surface area contributed by atoms with Gasteiger partial charge in [-0.15, -0.1) is 11.8 Å². The molecule has 0 saturated carbocycles. The number of aliphatic hydroxyl groups is 1. The molecular formula is C21H22N7O6S2+. The summed E-state index contributed by atoms with van der Waals surface area (Å²) in [5.74, 6) is -2.25. The van der Waals surface area contributed by atoms with E-state index in [2.05, 4.69) is 19.8 Å². The lowest BCUT2D eigenvalue weighted by Crippen LogP contribution is -2.71. The van der Waals surface area contributed by atoms with Gasteiger partial charge >= 0.3 is 5.97 Å². The lowest BCUT2D eigenvalue weighted by Gasteiger charge is -2.49. The number of hydrogen-bond acceptors (Lipinski definition) is 11. The third kappa shape index (κ3) is 5.07. The van der Waals surface area contributed by atoms with E-state index in [0.29, 0.717) is 17.9 Å². The summed E-state index contributed by atoms with van der Waals surface area (Å²) in [4.78, 5) is 47.5. The fourth-order valence-corrected chi connectivity index (χ4v) is 5.37. The van der Waals surface area contributed by atoms with Crippen LogP contribution in [-0.4, -0.2) is 72.2 Å². The highest BCUT2D eigenvalue weighted by molar-refractivity contribution is 8.00. The topological polar surface area (TPSA) is 184 Å². The van der Waals surface area contributed by atoms with Crippen molar-refractivity contribution in [3.8, 4) is 0 Å². The molecule has 2 amide bonds. The zero-order valence-electron chi connectivity index (χ0n) is 18.9. The van der Waals surface area contributed by atoms with Crippen molar-refractivity contribution in [2.45, 2.75) is 24.6 Å². The van der Waals surface area contributed by atoms with E-state index in [4.69, 9.17) is 15.7 Å². The van der Waals surface area contributed by atoms with Crippen LogP contribution in [0.5, 0.6) is 0 Å². The molecule has 2 aromatic heterocycles. The minimum absolute atomic E-state index is 0.0424. The van der Waals surface area contributed by atoms with Gasteiger partial charge in [-0.1, -0.05) is 11.2 Å². The molecule has 36 heavy (non-hydrogen) atoms. The van der Waals surface area contributed by atoms with Crippen molar-refractivity contribution in [1.82, 2.24) is 19.6 Å². The Morgan fingerprint density at radius 1 is 1.42 bits per heavy atom. The summed E-state index contributed by atoms with van der Waals surface area (Å²) in [6, 6.07) is 2.61. The maximum atomic E-state index is 12.9. The molecule has 0 aromatic carbocycles. The summed E-state index contributed by atoms with van der Waals surface area (Å²) in [5.41, 5.74) is 6.47. The van der Waals surface area contributed by atoms with Crippen LogP contribution in [0.4, 0.5) is 5.13 Å². The van der Waals surface area contributed by atoms with Crippen molar-refractivity contribution in [2.75, 3.05) is 18.6 Å². The lowest BCUT2D eigenvalue weighted by atomic mass is 10.0. The molecule has 0 radical (unpaired) electrons. The van der Waals surface area contributed by atoms with Gasteiger partial charge in [-0.25, -0.2) is 9.36 Å². The minimum Gasteiger partial charge on any atom is -0.477 e. The number of carbonyl (C=O) groups excluding carboxylic acids is 2. The number of carbonyl (C=O) groups is 3. The number of nitrogens with zero attached hydrogens (tertiary/aromatic N) is 5. The smallest absolute Gasteiger partial charge is 0.352 e. The number of anilines is 1. The molecule has 13 nitrogen and oxygen atoms in total. The molecule has 1 unspecified atom stereocenters. The number of nitrogen functional groups attached to an aromatic ring is 1. The molecular weight excluding hydrogens is 510 g/mol. The number of amides is 2. The van der Waals surface area contributed by atoms with Crippen molar-refractivity contribution in [1.29, 1.82) is 0 Å². The Hall–Kier alpha value is -3.82. The number of aromatic nitrogens is 3. The molecule has 2 aliphatic rings. The van der Waals surface area contributed by atoms with E-state index in [-0.39, 0.29) is 29.0 Å². The van der Waals surface area contributed by atoms with Crippen LogP contribution >= 0.6 is 23.3 Å². The summed E-state index contributed by atoms with van der Waals surface area (Å²) in [6.45, 7) is 0.422. The van der Waals surface area contributed by atoms with Crippen LogP contribution in [0.15, 0.2) is 53.1 Å². The molecule has 0 aliphatic carbocycles. The average Bonchev–Trinajstić information content (AvgIpc) is 3.31. The zero-order chi connectivity index (χ0) is 25.8. The van der Waals surface area contributed by atoms with Gasteiger partial charge in [0.25, 0.3) is 11.8 Å². The minimum atomic E-state index is -1.23. The molecule has 5 N–H and O–H groups in total. The van der Waals surface area contributed by atoms with E-state index >= 15 is 0 Å². The molecule has 0 bridgehead atoms. The Morgan fingerprint density at radius 3 is 2.78 bits per heavy atom. The van der Waals surface area contributed by atoms with Gasteiger partial charge in [-0.3, -0.25) is 14.5 Å². The Kier molecular flexibility index (Phi) is 7.61. The Balaban J connectivity index is 1.47. The summed E-state index contributed by atoms with van der Waals surface area (Å²) in [5, 5.41) is 24.7. The van der Waals surface area contributed by atoms with Crippen molar-refractivity contribution in [3.63, 3.8) is 0 Å². The van der Waals surface area contributed by atoms with Gasteiger partial charge in [0.15, 0.2) is 24.1 Å². The Bertz CT molecular complexity index is 1270. The number of allylic oxidation sites excluding steroid dienone is 2. The number of thioether (sulfide) groups is 1. The van der Waals surface area contributed by atoms with E-state index in [1.165, 1.54) is 23.8 Å². The number of carboxylic acid groups (broad SMARTS) is 1. The monoisotopic (exact) mass is 532 g/mol. The second-order valence-corrected chi connectivity index (χ2v) is 9.47. The van der Waals surface area contributed by atoms with Crippen LogP contribution < -0.4 is 15.6 Å². The largest absolute Gasteiger partial charge is 0.477 e. The van der Waals surface area contributed by atoms with Crippen molar-refractivity contribution >= 4 is 51.9 Å². The number of β-lactam (4-membered cyclic amide) rings is 1. The third-order valence-corrected chi connectivity index (χ3v) is 7.16. The van der Waals surface area contributed by atoms with Crippen molar-refractivity contribution in [3.05, 3.63) is 59.3 Å². The number of aliphatic carboxylic acids is 1. The number of hydrogen-bond donors (Lipinski definition) is 4. The molecule has 15 heteroatoms. The van der Waals surface area contributed by atoms with Crippen molar-refractivity contribution < 1.29 is 34.0 Å². The maximum absolute atomic E-state index is 12.9. The number of pyridine rings is 1. The zero-order valence-corrected chi connectivity index (χ0v) is 20.5. The molecule has 2 aliphatic heterocycles. The third-order valence-electron chi connectivity index (χ3n) is 5.32. The SMILES string of the molecule is CON=C(C(=O)NC1C(=O)N2C(C(=O)O)=C(C=CC[n+]3ccc(CO)cc3)CS[C@H]12)c1nsc(N)n1. The highest BCUT2D eigenvalue weighted by atomic mass is 32.2. The van der Waals surface area contributed by atoms with Gasteiger partial charge in [0, 0.05) is 29.4 Å². The number of aliphatic hydroxyl groups excluding tert-OH is 1. The second kappa shape index (κ2) is 10.8. The van der Waals surface area contributed by atoms with Crippen molar-refractivity contribution in [2.24, 2.45) is 5.16 Å². The van der Waals surface area contributed by atoms with Crippen LogP contribution in [0.25, 0.3) is 0 Å². The van der Waals surface area contributed by atoms with Gasteiger partial charge in [0.05, 0.1) is 6.61 Å². The molecule has 2 aromatic rings. The fourth-order valence-electron chi connectivity index (χ4n) is 3.62.